The number of nitrogens with zero attached hydrogens (tertiary/aromatic N) is 3. The number of para-hydroxylation sites is 1. The number of H-pyrrole nitrogens is 1. The van der Waals surface area contributed by atoms with Gasteiger partial charge in [-0.05, 0) is 30.9 Å². The number of nitrogens with one attached hydrogen (secondary N) is 3. The lowest BCUT2D eigenvalue weighted by Gasteiger charge is -2.36. The van der Waals surface area contributed by atoms with Crippen molar-refractivity contribution in [2.75, 3.05) is 28.6 Å². The molecule has 0 unspecified atom stereocenters. The van der Waals surface area contributed by atoms with Gasteiger partial charge in [-0.1, -0.05) is 18.2 Å². The second-order valence-corrected chi connectivity index (χ2v) is 7.52. The normalized spacial score (nSPS) is 25.1. The average Bonchev–Trinajstić information content (AvgIpc) is 3.01. The number of hydrogen-bond donors (Lipinski definition) is 3. The van der Waals surface area contributed by atoms with E-state index in [2.05, 4.69) is 20.6 Å². The van der Waals surface area contributed by atoms with Gasteiger partial charge in [0.05, 0.1) is 11.6 Å². The summed E-state index contributed by atoms with van der Waals surface area (Å²) in [5.74, 6) is -2.19. The lowest BCUT2D eigenvalue weighted by Crippen LogP contribution is -2.54. The molecule has 3 aliphatic heterocycles. The Morgan fingerprint density at radius 1 is 1.10 bits per heavy atom. The minimum atomic E-state index is -1.73. The minimum absolute atomic E-state index is 0.00635. The van der Waals surface area contributed by atoms with Crippen LogP contribution >= 0.6 is 0 Å². The van der Waals surface area contributed by atoms with Gasteiger partial charge in [-0.25, -0.2) is 0 Å². The van der Waals surface area contributed by atoms with Gasteiger partial charge < -0.3 is 15.5 Å². The smallest absolute Gasteiger partial charge is 0.259 e. The predicted octanol–water partition coefficient (Wildman–Crippen LogP) is 1.09. The minimum Gasteiger partial charge on any atom is -0.342 e. The predicted molar refractivity (Wildman–Crippen MR) is 105 cm³/mol. The summed E-state index contributed by atoms with van der Waals surface area (Å²) in [6, 6.07) is 8.75. The Kier molecular flexibility index (Phi) is 3.71. The van der Waals surface area contributed by atoms with Gasteiger partial charge >= 0.3 is 0 Å². The second kappa shape index (κ2) is 6.17. The number of fused-ring (bicyclic) bond motifs is 4. The summed E-state index contributed by atoms with van der Waals surface area (Å²) in [6.45, 7) is 1.51. The highest BCUT2D eigenvalue weighted by molar-refractivity contribution is 6.16. The average molecular weight is 390 g/mol. The first kappa shape index (κ1) is 17.4. The van der Waals surface area contributed by atoms with Gasteiger partial charge in [0.15, 0.2) is 0 Å². The van der Waals surface area contributed by atoms with Crippen molar-refractivity contribution >= 4 is 29.3 Å². The van der Waals surface area contributed by atoms with E-state index in [1.807, 2.05) is 11.0 Å². The third-order valence-corrected chi connectivity index (χ3v) is 5.98. The number of aromatic amines is 1. The van der Waals surface area contributed by atoms with E-state index in [1.54, 1.807) is 24.3 Å². The topological polar surface area (TPSA) is 131 Å². The quantitative estimate of drug-likeness (QED) is 0.668. The number of piperidine rings is 1. The number of rotatable bonds is 1. The molecule has 2 atom stereocenters. The number of benzene rings is 1. The molecular weight excluding hydrogens is 372 g/mol. The third kappa shape index (κ3) is 2.26. The molecule has 3 N–H and O–H groups in total. The van der Waals surface area contributed by atoms with Gasteiger partial charge in [0.25, 0.3) is 5.56 Å². The van der Waals surface area contributed by atoms with Gasteiger partial charge in [-0.3, -0.25) is 19.4 Å². The molecule has 9 heteroatoms. The van der Waals surface area contributed by atoms with Crippen molar-refractivity contribution in [3.05, 3.63) is 45.7 Å². The number of carbonyl (C=O) groups is 2. The van der Waals surface area contributed by atoms with E-state index in [0.717, 1.165) is 32.4 Å². The zero-order valence-corrected chi connectivity index (χ0v) is 15.5. The van der Waals surface area contributed by atoms with Crippen molar-refractivity contribution in [1.29, 1.82) is 5.26 Å². The van der Waals surface area contributed by atoms with Crippen molar-refractivity contribution in [2.24, 2.45) is 5.92 Å². The van der Waals surface area contributed by atoms with Gasteiger partial charge in [-0.15, -0.1) is 0 Å². The Morgan fingerprint density at radius 2 is 1.86 bits per heavy atom. The summed E-state index contributed by atoms with van der Waals surface area (Å²) in [5.41, 5.74) is -1.33. The third-order valence-electron chi connectivity index (χ3n) is 5.98. The van der Waals surface area contributed by atoms with Crippen LogP contribution in [0.25, 0.3) is 0 Å². The molecule has 1 aromatic carbocycles. The van der Waals surface area contributed by atoms with Crippen LogP contribution in [-0.2, 0) is 15.0 Å². The molecule has 146 valence electrons. The first-order chi connectivity index (χ1) is 14.1. The number of nitriles is 1. The molecular formula is C20H18N6O3. The van der Waals surface area contributed by atoms with Crippen LogP contribution in [-0.4, -0.2) is 34.9 Å². The fourth-order valence-electron chi connectivity index (χ4n) is 4.67. The molecule has 0 bridgehead atoms. The molecule has 1 fully saturated rings. The molecule has 29 heavy (non-hydrogen) atoms. The molecule has 9 nitrogen and oxygen atoms in total. The van der Waals surface area contributed by atoms with E-state index in [0.29, 0.717) is 17.2 Å². The molecule has 1 aromatic heterocycles. The second-order valence-electron chi connectivity index (χ2n) is 7.52. The van der Waals surface area contributed by atoms with Crippen molar-refractivity contribution in [3.8, 4) is 6.07 Å². The molecule has 5 rings (SSSR count). The Labute approximate surface area is 165 Å². The number of aromatic nitrogens is 2. The van der Waals surface area contributed by atoms with Gasteiger partial charge in [-0.2, -0.15) is 10.2 Å². The van der Waals surface area contributed by atoms with Crippen LogP contribution in [0.2, 0.25) is 0 Å². The monoisotopic (exact) mass is 390 g/mol. The van der Waals surface area contributed by atoms with Crippen molar-refractivity contribution < 1.29 is 9.59 Å². The highest BCUT2D eigenvalue weighted by Gasteiger charge is 2.61. The van der Waals surface area contributed by atoms with Gasteiger partial charge in [0, 0.05) is 18.8 Å². The van der Waals surface area contributed by atoms with Crippen LogP contribution in [0, 0.1) is 17.2 Å². The Bertz CT molecular complexity index is 1140. The lowest BCUT2D eigenvalue weighted by molar-refractivity contribution is -0.127. The molecule has 4 heterocycles. The van der Waals surface area contributed by atoms with Gasteiger partial charge in [0.1, 0.15) is 17.2 Å². The molecule has 3 aliphatic rings. The van der Waals surface area contributed by atoms with Crippen LogP contribution < -0.4 is 21.1 Å². The lowest BCUT2D eigenvalue weighted by atomic mass is 9.65. The number of amides is 2. The zero-order chi connectivity index (χ0) is 20.2. The zero-order valence-electron chi connectivity index (χ0n) is 15.5. The Balaban J connectivity index is 1.78. The summed E-state index contributed by atoms with van der Waals surface area (Å²) in [7, 11) is 0. The van der Waals surface area contributed by atoms with Crippen LogP contribution in [0.4, 0.5) is 17.5 Å². The number of hydrogen-bond acceptors (Lipinski definition) is 6. The molecule has 2 aromatic rings. The molecule has 1 spiro atoms. The summed E-state index contributed by atoms with van der Waals surface area (Å²) in [5, 5.41) is 15.1. The summed E-state index contributed by atoms with van der Waals surface area (Å²) >= 11 is 0. The van der Waals surface area contributed by atoms with Crippen LogP contribution in [0.1, 0.15) is 30.4 Å². The molecule has 0 saturated carbocycles. The first-order valence-corrected chi connectivity index (χ1v) is 9.58. The number of anilines is 3. The maximum atomic E-state index is 13.2. The van der Waals surface area contributed by atoms with Crippen LogP contribution in [0.3, 0.4) is 0 Å². The molecule has 1 saturated heterocycles. The maximum Gasteiger partial charge on any atom is 0.259 e. The van der Waals surface area contributed by atoms with Crippen molar-refractivity contribution in [1.82, 2.24) is 9.97 Å². The van der Waals surface area contributed by atoms with E-state index in [4.69, 9.17) is 0 Å². The SMILES string of the molecule is N#C[C@@H]1C(=O)Nc2nc(N3CCCCC3)[nH]c(=O)c2[C@@]12C(=O)Nc1ccccc12. The van der Waals surface area contributed by atoms with E-state index < -0.39 is 28.7 Å². The largest absolute Gasteiger partial charge is 0.342 e. The van der Waals surface area contributed by atoms with Crippen molar-refractivity contribution in [3.63, 3.8) is 0 Å². The van der Waals surface area contributed by atoms with E-state index in [9.17, 15) is 19.6 Å². The fraction of sp³-hybridized carbons (Fsp3) is 0.350. The fourth-order valence-corrected chi connectivity index (χ4v) is 4.67. The highest BCUT2D eigenvalue weighted by atomic mass is 16.2. The molecule has 2 amide bonds. The number of carbonyl (C=O) groups excluding carboxylic acids is 2. The maximum absolute atomic E-state index is 13.2. The standard InChI is InChI=1S/C20H18N6O3/c21-10-12-16(27)23-15-14(17(28)25-19(24-15)26-8-4-1-5-9-26)20(12)11-6-2-3-7-13(11)22-18(20)29/h2-3,6-7,12H,1,4-5,8-9H2,(H,22,29)(H2,23,24,25,27,28)/t12-,20+/m1/s1. The molecule has 0 radical (unpaired) electrons. The van der Waals surface area contributed by atoms with E-state index >= 15 is 0 Å². The Morgan fingerprint density at radius 3 is 2.62 bits per heavy atom. The van der Waals surface area contributed by atoms with Crippen molar-refractivity contribution in [2.45, 2.75) is 24.7 Å². The van der Waals surface area contributed by atoms with Crippen LogP contribution in [0.15, 0.2) is 29.1 Å². The van der Waals surface area contributed by atoms with Crippen LogP contribution in [0.5, 0.6) is 0 Å². The molecule has 0 aliphatic carbocycles. The summed E-state index contributed by atoms with van der Waals surface area (Å²) in [4.78, 5) is 48.5. The highest BCUT2D eigenvalue weighted by Crippen LogP contribution is 2.50. The summed E-state index contributed by atoms with van der Waals surface area (Å²) < 4.78 is 0. The Hall–Kier alpha value is -3.67. The first-order valence-electron chi connectivity index (χ1n) is 9.58. The summed E-state index contributed by atoms with van der Waals surface area (Å²) in [6.07, 6.45) is 3.10. The van der Waals surface area contributed by atoms with Gasteiger partial charge in [0.2, 0.25) is 17.8 Å². The van der Waals surface area contributed by atoms with E-state index in [1.165, 1.54) is 0 Å². The van der Waals surface area contributed by atoms with E-state index in [-0.39, 0.29) is 11.4 Å².